The minimum Gasteiger partial charge on any atom is -0.390 e. The maximum Gasteiger partial charge on any atom is 0.173 e. The van der Waals surface area contributed by atoms with Crippen LogP contribution in [-0.2, 0) is 13.2 Å². The minimum atomic E-state index is -0.00775. The number of aromatic nitrogens is 2. The van der Waals surface area contributed by atoms with Gasteiger partial charge in [0, 0.05) is 12.1 Å². The van der Waals surface area contributed by atoms with Crippen molar-refractivity contribution in [3.05, 3.63) is 47.3 Å². The van der Waals surface area contributed by atoms with Gasteiger partial charge in [0.2, 0.25) is 0 Å². The van der Waals surface area contributed by atoms with E-state index < -0.39 is 0 Å². The fourth-order valence-electron chi connectivity index (χ4n) is 3.41. The molecule has 25 heavy (non-hydrogen) atoms. The van der Waals surface area contributed by atoms with E-state index in [1.807, 2.05) is 31.2 Å². The summed E-state index contributed by atoms with van der Waals surface area (Å²) in [7, 11) is 0. The Kier molecular flexibility index (Phi) is 6.32. The number of aryl methyl sites for hydroxylation is 1. The lowest BCUT2D eigenvalue weighted by Gasteiger charge is -2.23. The van der Waals surface area contributed by atoms with Gasteiger partial charge in [-0.2, -0.15) is 0 Å². The van der Waals surface area contributed by atoms with Crippen LogP contribution in [0.3, 0.4) is 0 Å². The van der Waals surface area contributed by atoms with Crippen molar-refractivity contribution in [3.8, 4) is 0 Å². The summed E-state index contributed by atoms with van der Waals surface area (Å²) >= 11 is 1.47. The third-order valence-electron chi connectivity index (χ3n) is 4.94. The van der Waals surface area contributed by atoms with Crippen molar-refractivity contribution in [2.45, 2.75) is 57.3 Å². The molecule has 1 aliphatic carbocycles. The number of benzene rings is 1. The second-order valence-corrected chi connectivity index (χ2v) is 7.83. The van der Waals surface area contributed by atoms with Crippen LogP contribution in [0.1, 0.15) is 53.7 Å². The average molecular weight is 359 g/mol. The molecule has 1 fully saturated rings. The highest BCUT2D eigenvalue weighted by molar-refractivity contribution is 7.99. The molecule has 3 rings (SSSR count). The number of ketones is 1. The smallest absolute Gasteiger partial charge is 0.173 e. The number of imidazole rings is 1. The Labute approximate surface area is 153 Å². The molecule has 0 spiro atoms. The lowest BCUT2D eigenvalue weighted by molar-refractivity contribution is 0.102. The van der Waals surface area contributed by atoms with Crippen LogP contribution in [-0.4, -0.2) is 26.2 Å². The van der Waals surface area contributed by atoms with Crippen molar-refractivity contribution < 1.29 is 9.90 Å². The SMILES string of the molecule is Cc1ccc(C(=O)CSc2ncc(CO)n2CC2CCCCC2)cc1. The van der Waals surface area contributed by atoms with Gasteiger partial charge in [0.1, 0.15) is 0 Å². The van der Waals surface area contributed by atoms with Gasteiger partial charge in [0.25, 0.3) is 0 Å². The van der Waals surface area contributed by atoms with Crippen LogP contribution in [0.2, 0.25) is 0 Å². The summed E-state index contributed by atoms with van der Waals surface area (Å²) in [6, 6.07) is 7.69. The molecule has 4 nitrogen and oxygen atoms in total. The topological polar surface area (TPSA) is 55.1 Å². The van der Waals surface area contributed by atoms with Gasteiger partial charge in [-0.1, -0.05) is 60.9 Å². The molecule has 1 aromatic heterocycles. The molecular weight excluding hydrogens is 332 g/mol. The molecule has 1 heterocycles. The standard InChI is InChI=1S/C20H26N2O2S/c1-15-7-9-17(10-8-15)19(24)14-25-20-21-11-18(13-23)22(20)12-16-5-3-2-4-6-16/h7-11,16,23H,2-6,12-14H2,1H3. The number of hydrogen-bond donors (Lipinski definition) is 1. The van der Waals surface area contributed by atoms with Crippen molar-refractivity contribution in [1.29, 1.82) is 0 Å². The van der Waals surface area contributed by atoms with Crippen LogP contribution in [0.5, 0.6) is 0 Å². The lowest BCUT2D eigenvalue weighted by atomic mass is 9.89. The average Bonchev–Trinajstić information content (AvgIpc) is 3.03. The van der Waals surface area contributed by atoms with Crippen molar-refractivity contribution in [1.82, 2.24) is 9.55 Å². The van der Waals surface area contributed by atoms with E-state index in [4.69, 9.17) is 0 Å². The summed E-state index contributed by atoms with van der Waals surface area (Å²) < 4.78 is 2.11. The summed E-state index contributed by atoms with van der Waals surface area (Å²) in [6.07, 6.45) is 8.15. The zero-order valence-corrected chi connectivity index (χ0v) is 15.6. The quantitative estimate of drug-likeness (QED) is 0.594. The highest BCUT2D eigenvalue weighted by Crippen LogP contribution is 2.28. The normalized spacial score (nSPS) is 15.4. The Morgan fingerprint density at radius 2 is 1.96 bits per heavy atom. The van der Waals surface area contributed by atoms with Crippen molar-refractivity contribution >= 4 is 17.5 Å². The van der Waals surface area contributed by atoms with Gasteiger partial charge in [-0.05, 0) is 25.7 Å². The van der Waals surface area contributed by atoms with E-state index in [0.29, 0.717) is 11.7 Å². The molecule has 0 saturated heterocycles. The fourth-order valence-corrected chi connectivity index (χ4v) is 4.31. The van der Waals surface area contributed by atoms with Gasteiger partial charge < -0.3 is 9.67 Å². The van der Waals surface area contributed by atoms with Gasteiger partial charge in [-0.3, -0.25) is 4.79 Å². The number of Topliss-reactive ketones (excluding diaryl/α,β-unsaturated/α-hetero) is 1. The first-order valence-corrected chi connectivity index (χ1v) is 10.0. The van der Waals surface area contributed by atoms with Gasteiger partial charge in [-0.15, -0.1) is 0 Å². The van der Waals surface area contributed by atoms with E-state index in [1.165, 1.54) is 43.9 Å². The molecule has 1 saturated carbocycles. The molecule has 134 valence electrons. The highest BCUT2D eigenvalue weighted by atomic mass is 32.2. The number of rotatable bonds is 7. The van der Waals surface area contributed by atoms with Crippen LogP contribution in [0.15, 0.2) is 35.6 Å². The van der Waals surface area contributed by atoms with E-state index in [2.05, 4.69) is 9.55 Å². The molecule has 1 aliphatic rings. The van der Waals surface area contributed by atoms with Crippen LogP contribution < -0.4 is 0 Å². The number of thioether (sulfide) groups is 1. The fraction of sp³-hybridized carbons (Fsp3) is 0.500. The van der Waals surface area contributed by atoms with Gasteiger partial charge >= 0.3 is 0 Å². The zero-order valence-electron chi connectivity index (χ0n) is 14.8. The van der Waals surface area contributed by atoms with Crippen molar-refractivity contribution in [3.63, 3.8) is 0 Å². The number of aliphatic hydroxyl groups is 1. The number of carbonyl (C=O) groups is 1. The third-order valence-corrected chi connectivity index (χ3v) is 5.93. The molecule has 1 aromatic carbocycles. The van der Waals surface area contributed by atoms with Gasteiger partial charge in [0.05, 0.1) is 24.3 Å². The molecule has 0 unspecified atom stereocenters. The highest BCUT2D eigenvalue weighted by Gasteiger charge is 2.19. The van der Waals surface area contributed by atoms with E-state index >= 15 is 0 Å². The van der Waals surface area contributed by atoms with Crippen LogP contribution in [0, 0.1) is 12.8 Å². The van der Waals surface area contributed by atoms with Crippen LogP contribution in [0.4, 0.5) is 0 Å². The van der Waals surface area contributed by atoms with E-state index in [-0.39, 0.29) is 12.4 Å². The number of aliphatic hydroxyl groups excluding tert-OH is 1. The van der Waals surface area contributed by atoms with Gasteiger partial charge in [-0.25, -0.2) is 4.98 Å². The van der Waals surface area contributed by atoms with Gasteiger partial charge in [0.15, 0.2) is 10.9 Å². The number of nitrogens with zero attached hydrogens (tertiary/aromatic N) is 2. The Hall–Kier alpha value is -1.59. The second kappa shape index (κ2) is 8.68. The predicted octanol–water partition coefficient (Wildman–Crippen LogP) is 4.24. The van der Waals surface area contributed by atoms with Crippen molar-refractivity contribution in [2.75, 3.05) is 5.75 Å². The summed E-state index contributed by atoms with van der Waals surface area (Å²) in [5.41, 5.74) is 2.74. The molecule has 0 aliphatic heterocycles. The number of carbonyl (C=O) groups excluding carboxylic acids is 1. The molecule has 5 heteroatoms. The maximum atomic E-state index is 12.4. The Bertz CT molecular complexity index is 703. The summed E-state index contributed by atoms with van der Waals surface area (Å²) in [6.45, 7) is 2.91. The van der Waals surface area contributed by atoms with E-state index in [1.54, 1.807) is 6.20 Å². The second-order valence-electron chi connectivity index (χ2n) is 6.88. The first-order chi connectivity index (χ1) is 12.2. The molecule has 0 bridgehead atoms. The zero-order chi connectivity index (χ0) is 17.6. The van der Waals surface area contributed by atoms with Crippen molar-refractivity contribution in [2.24, 2.45) is 5.92 Å². The Morgan fingerprint density at radius 3 is 2.64 bits per heavy atom. The molecule has 0 amide bonds. The molecule has 1 N–H and O–H groups in total. The first kappa shape index (κ1) is 18.2. The molecule has 2 aromatic rings. The third kappa shape index (κ3) is 4.73. The summed E-state index contributed by atoms with van der Waals surface area (Å²) in [5, 5.41) is 10.4. The van der Waals surface area contributed by atoms with E-state index in [9.17, 15) is 9.90 Å². The monoisotopic (exact) mass is 358 g/mol. The minimum absolute atomic E-state index is 0.00775. The first-order valence-electron chi connectivity index (χ1n) is 9.05. The Balaban J connectivity index is 1.66. The largest absolute Gasteiger partial charge is 0.390 e. The Morgan fingerprint density at radius 1 is 1.24 bits per heavy atom. The predicted molar refractivity (Wildman–Crippen MR) is 101 cm³/mol. The lowest BCUT2D eigenvalue weighted by Crippen LogP contribution is -2.17. The molecule has 0 atom stereocenters. The molecule has 0 radical (unpaired) electrons. The van der Waals surface area contributed by atoms with Crippen LogP contribution in [0.25, 0.3) is 0 Å². The summed E-state index contributed by atoms with van der Waals surface area (Å²) in [5.74, 6) is 1.14. The number of hydrogen-bond acceptors (Lipinski definition) is 4. The summed E-state index contributed by atoms with van der Waals surface area (Å²) in [4.78, 5) is 16.8. The maximum absolute atomic E-state index is 12.4. The van der Waals surface area contributed by atoms with E-state index in [0.717, 1.165) is 28.5 Å². The molecular formula is C20H26N2O2S. The van der Waals surface area contributed by atoms with Crippen LogP contribution >= 0.6 is 11.8 Å².